The zero-order chi connectivity index (χ0) is 28.4. The van der Waals surface area contributed by atoms with Gasteiger partial charge in [0.05, 0.1) is 16.7 Å². The predicted octanol–water partition coefficient (Wildman–Crippen LogP) is 2.30. The minimum absolute atomic E-state index is 0.0365. The van der Waals surface area contributed by atoms with E-state index < -0.39 is 31.9 Å². The second-order valence-electron chi connectivity index (χ2n) is 9.23. The predicted molar refractivity (Wildman–Crippen MR) is 138 cm³/mol. The number of rotatable bonds is 8. The molecule has 4 rings (SSSR count). The van der Waals surface area contributed by atoms with Gasteiger partial charge in [0, 0.05) is 31.4 Å². The number of carbonyl (C=O) groups is 1. The maximum atomic E-state index is 13.9. The van der Waals surface area contributed by atoms with E-state index in [1.165, 1.54) is 69.8 Å². The monoisotopic (exact) mass is 550 g/mol. The summed E-state index contributed by atoms with van der Waals surface area (Å²) in [6.07, 6.45) is 4.06. The van der Waals surface area contributed by atoms with Gasteiger partial charge in [-0.05, 0) is 49.7 Å². The van der Waals surface area contributed by atoms with Gasteiger partial charge in [-0.25, -0.2) is 12.8 Å². The van der Waals surface area contributed by atoms with Crippen LogP contribution in [0.3, 0.4) is 0 Å². The Kier molecular flexibility index (Phi) is 7.42. The van der Waals surface area contributed by atoms with Gasteiger partial charge in [0.2, 0.25) is 0 Å². The van der Waals surface area contributed by atoms with Crippen molar-refractivity contribution >= 4 is 26.6 Å². The number of hydrogen-bond acceptors (Lipinski definition) is 9. The van der Waals surface area contributed by atoms with E-state index in [0.29, 0.717) is 10.9 Å². The molecule has 0 bridgehead atoms. The number of sulfone groups is 1. The Morgan fingerprint density at radius 2 is 2.00 bits per heavy atom. The molecule has 39 heavy (non-hydrogen) atoms. The summed E-state index contributed by atoms with van der Waals surface area (Å²) in [7, 11) is -2.41. The Morgan fingerprint density at radius 1 is 1.23 bits per heavy atom. The third-order valence-electron chi connectivity index (χ3n) is 6.07. The van der Waals surface area contributed by atoms with Gasteiger partial charge >= 0.3 is 0 Å². The largest absolute Gasteiger partial charge is 0.473 e. The molecule has 1 N–H and O–H groups in total. The number of benzene rings is 1. The van der Waals surface area contributed by atoms with Crippen molar-refractivity contribution in [2.24, 2.45) is 7.05 Å². The van der Waals surface area contributed by atoms with Crippen molar-refractivity contribution < 1.29 is 22.3 Å². The lowest BCUT2D eigenvalue weighted by Crippen LogP contribution is -2.38. The summed E-state index contributed by atoms with van der Waals surface area (Å²) in [5, 5.41) is 19.6. The molecule has 0 atom stereocenters. The highest BCUT2D eigenvalue weighted by molar-refractivity contribution is 7.92. The lowest BCUT2D eigenvalue weighted by Gasteiger charge is -2.24. The number of aromatic nitrogens is 4. The van der Waals surface area contributed by atoms with Crippen molar-refractivity contribution in [1.82, 2.24) is 25.1 Å². The lowest BCUT2D eigenvalue weighted by atomic mass is 10.1. The fraction of sp³-hybridized carbons (Fsp3) is 0.231. The number of hydrogen-bond donors (Lipinski definition) is 1. The molecule has 0 aliphatic heterocycles. The Hall–Kier alpha value is -4.70. The van der Waals surface area contributed by atoms with E-state index in [1.54, 1.807) is 6.07 Å². The summed E-state index contributed by atoms with van der Waals surface area (Å²) in [6.45, 7) is 2.60. The molecule has 0 unspecified atom stereocenters. The molecule has 0 aliphatic carbocycles. The Morgan fingerprint density at radius 3 is 2.67 bits per heavy atom. The number of halogens is 1. The summed E-state index contributed by atoms with van der Waals surface area (Å²) >= 11 is 0. The summed E-state index contributed by atoms with van der Waals surface area (Å²) in [4.78, 5) is 29.8. The third kappa shape index (κ3) is 5.32. The minimum Gasteiger partial charge on any atom is -0.473 e. The second-order valence-corrected chi connectivity index (χ2v) is 11.8. The number of nitrogens with zero attached hydrogens (tertiary/aromatic N) is 5. The average molecular weight is 551 g/mol. The van der Waals surface area contributed by atoms with Crippen molar-refractivity contribution in [3.05, 3.63) is 87.9 Å². The molecule has 1 amide bonds. The molecule has 0 radical (unpaired) electrons. The quantitative estimate of drug-likeness (QED) is 0.348. The number of ether oxygens (including phenoxy) is 1. The van der Waals surface area contributed by atoms with E-state index in [4.69, 9.17) is 10.00 Å². The maximum absolute atomic E-state index is 13.9. The molecule has 0 aliphatic rings. The molecular formula is C26H23FN6O5S. The molecule has 4 aromatic rings. The van der Waals surface area contributed by atoms with Crippen LogP contribution in [0.2, 0.25) is 0 Å². The number of pyridine rings is 2. The number of amides is 1. The third-order valence-corrected chi connectivity index (χ3v) is 8.51. The molecule has 11 nitrogen and oxygen atoms in total. The summed E-state index contributed by atoms with van der Waals surface area (Å²) in [5.74, 6) is -1.50. The fourth-order valence-electron chi connectivity index (χ4n) is 3.76. The van der Waals surface area contributed by atoms with Gasteiger partial charge in [-0.1, -0.05) is 6.07 Å². The fourth-order valence-corrected chi connectivity index (χ4v) is 5.07. The van der Waals surface area contributed by atoms with Crippen molar-refractivity contribution in [3.63, 3.8) is 0 Å². The zero-order valence-electron chi connectivity index (χ0n) is 21.2. The van der Waals surface area contributed by atoms with Crippen molar-refractivity contribution in [2.45, 2.75) is 30.0 Å². The van der Waals surface area contributed by atoms with Crippen molar-refractivity contribution in [3.8, 4) is 11.9 Å². The van der Waals surface area contributed by atoms with Gasteiger partial charge < -0.3 is 14.6 Å². The highest BCUT2D eigenvalue weighted by Gasteiger charge is 2.37. The molecule has 0 saturated carbocycles. The molecule has 0 spiro atoms. The standard InChI is InChI=1S/C26H23FN6O5S/c1-26(2,39(36,37)19-5-4-8-29-14-19)15-38-24-22-18(13-31-32-24)10-20(25(35)33(22)3)23(34)30-12-16-6-7-17(11-28)21(27)9-16/h4-10,13-14H,12,15H2,1-3H3,(H,30,34). The zero-order valence-corrected chi connectivity index (χ0v) is 22.0. The Labute approximate surface area is 222 Å². The van der Waals surface area contributed by atoms with Crippen LogP contribution in [0, 0.1) is 17.1 Å². The first-order valence-corrected chi connectivity index (χ1v) is 13.0. The van der Waals surface area contributed by atoms with Crippen molar-refractivity contribution in [1.29, 1.82) is 5.26 Å². The molecule has 200 valence electrons. The van der Waals surface area contributed by atoms with Gasteiger partial charge in [0.1, 0.15) is 34.3 Å². The van der Waals surface area contributed by atoms with Crippen LogP contribution < -0.4 is 15.6 Å². The van der Waals surface area contributed by atoms with E-state index in [2.05, 4.69) is 20.5 Å². The summed E-state index contributed by atoms with van der Waals surface area (Å²) in [5.41, 5.74) is -0.354. The minimum atomic E-state index is -3.83. The first kappa shape index (κ1) is 27.3. The van der Waals surface area contributed by atoms with Gasteiger partial charge in [0.15, 0.2) is 9.84 Å². The first-order valence-electron chi connectivity index (χ1n) is 11.6. The topological polar surface area (TPSA) is 157 Å². The van der Waals surface area contributed by atoms with E-state index in [9.17, 15) is 22.4 Å². The Bertz CT molecular complexity index is 1780. The molecule has 0 saturated heterocycles. The van der Waals surface area contributed by atoms with Crippen LogP contribution in [-0.2, 0) is 23.4 Å². The summed E-state index contributed by atoms with van der Waals surface area (Å²) < 4.78 is 45.6. The van der Waals surface area contributed by atoms with E-state index in [-0.39, 0.29) is 40.6 Å². The molecule has 13 heteroatoms. The van der Waals surface area contributed by atoms with Crippen LogP contribution >= 0.6 is 0 Å². The second kappa shape index (κ2) is 10.6. The van der Waals surface area contributed by atoms with Gasteiger partial charge in [-0.2, -0.15) is 10.4 Å². The number of aryl methyl sites for hydroxylation is 1. The number of carbonyl (C=O) groups excluding carboxylic acids is 1. The van der Waals surface area contributed by atoms with Crippen LogP contribution in [-0.4, -0.2) is 45.4 Å². The smallest absolute Gasteiger partial charge is 0.263 e. The van der Waals surface area contributed by atoms with Gasteiger partial charge in [-0.3, -0.25) is 14.6 Å². The van der Waals surface area contributed by atoms with E-state index in [0.717, 1.165) is 10.6 Å². The SMILES string of the molecule is Cn1c(=O)c(C(=O)NCc2ccc(C#N)c(F)c2)cc2cnnc(OCC(C)(C)S(=O)(=O)c3cccnc3)c21. The van der Waals surface area contributed by atoms with Gasteiger partial charge in [-0.15, -0.1) is 5.10 Å². The lowest BCUT2D eigenvalue weighted by molar-refractivity contribution is 0.0949. The van der Waals surface area contributed by atoms with Crippen LogP contribution in [0.25, 0.3) is 10.9 Å². The molecule has 1 aromatic carbocycles. The molecule has 0 fully saturated rings. The van der Waals surface area contributed by atoms with Gasteiger partial charge in [0.25, 0.3) is 17.3 Å². The normalized spacial score (nSPS) is 11.7. The van der Waals surface area contributed by atoms with Crippen LogP contribution in [0.4, 0.5) is 4.39 Å². The molecular weight excluding hydrogens is 527 g/mol. The number of nitrogens with one attached hydrogen (secondary N) is 1. The average Bonchev–Trinajstić information content (AvgIpc) is 2.92. The Balaban J connectivity index is 1.58. The summed E-state index contributed by atoms with van der Waals surface area (Å²) in [6, 6.07) is 9.93. The highest BCUT2D eigenvalue weighted by Crippen LogP contribution is 2.27. The maximum Gasteiger partial charge on any atom is 0.263 e. The number of fused-ring (bicyclic) bond motifs is 1. The highest BCUT2D eigenvalue weighted by atomic mass is 32.2. The van der Waals surface area contributed by atoms with Crippen LogP contribution in [0.15, 0.2) is 64.7 Å². The molecule has 3 heterocycles. The van der Waals surface area contributed by atoms with E-state index in [1.807, 2.05) is 0 Å². The first-order chi connectivity index (χ1) is 18.5. The van der Waals surface area contributed by atoms with E-state index >= 15 is 0 Å². The van der Waals surface area contributed by atoms with Crippen LogP contribution in [0.5, 0.6) is 5.88 Å². The molecule has 3 aromatic heterocycles. The number of nitriles is 1. The van der Waals surface area contributed by atoms with Crippen LogP contribution in [0.1, 0.15) is 35.3 Å². The van der Waals surface area contributed by atoms with Crippen molar-refractivity contribution in [2.75, 3.05) is 6.61 Å².